The largest absolute Gasteiger partial charge is 0.497 e. The van der Waals surface area contributed by atoms with Crippen molar-refractivity contribution < 1.29 is 14.3 Å². The number of nitrogens with zero attached hydrogens (tertiary/aromatic N) is 4. The number of ether oxygens (including phenoxy) is 2. The van der Waals surface area contributed by atoms with Crippen LogP contribution in [0.25, 0.3) is 5.69 Å². The van der Waals surface area contributed by atoms with Gasteiger partial charge in [-0.3, -0.25) is 14.3 Å². The van der Waals surface area contributed by atoms with E-state index < -0.39 is 0 Å². The minimum Gasteiger partial charge on any atom is -0.497 e. The second-order valence-corrected chi connectivity index (χ2v) is 9.15. The van der Waals surface area contributed by atoms with Crippen molar-refractivity contribution in [2.75, 3.05) is 38.4 Å². The van der Waals surface area contributed by atoms with E-state index in [1.807, 2.05) is 48.5 Å². The van der Waals surface area contributed by atoms with Gasteiger partial charge in [0.15, 0.2) is 11.0 Å². The predicted octanol–water partition coefficient (Wildman–Crippen LogP) is 4.56. The lowest BCUT2D eigenvalue weighted by molar-refractivity contribution is -0.113. The molecule has 34 heavy (non-hydrogen) atoms. The van der Waals surface area contributed by atoms with Gasteiger partial charge in [0.2, 0.25) is 5.91 Å². The Morgan fingerprint density at radius 1 is 0.971 bits per heavy atom. The Morgan fingerprint density at radius 2 is 1.59 bits per heavy atom. The molecule has 1 amide bonds. The number of hydrogen-bond donors (Lipinski definition) is 1. The summed E-state index contributed by atoms with van der Waals surface area (Å²) in [4.78, 5) is 15.1. The van der Waals surface area contributed by atoms with Gasteiger partial charge in [0.25, 0.3) is 0 Å². The Kier molecular flexibility index (Phi) is 8.08. The number of carbonyl (C=O) groups is 1. The van der Waals surface area contributed by atoms with Crippen molar-refractivity contribution in [2.24, 2.45) is 0 Å². The Bertz CT molecular complexity index is 1080. The van der Waals surface area contributed by atoms with Gasteiger partial charge in [0, 0.05) is 11.4 Å². The lowest BCUT2D eigenvalue weighted by atomic mass is 10.1. The van der Waals surface area contributed by atoms with E-state index in [1.165, 1.54) is 31.0 Å². The zero-order valence-electron chi connectivity index (χ0n) is 19.9. The van der Waals surface area contributed by atoms with Gasteiger partial charge in [-0.05, 0) is 81.4 Å². The zero-order valence-corrected chi connectivity index (χ0v) is 20.7. The van der Waals surface area contributed by atoms with Crippen LogP contribution in [0.15, 0.2) is 53.7 Å². The Balaban J connectivity index is 1.53. The fourth-order valence-corrected chi connectivity index (χ4v) is 4.85. The average Bonchev–Trinajstić information content (AvgIpc) is 3.32. The summed E-state index contributed by atoms with van der Waals surface area (Å²) in [5.74, 6) is 2.53. The van der Waals surface area contributed by atoms with Crippen LogP contribution in [0, 0.1) is 0 Å². The molecule has 1 aliphatic rings. The van der Waals surface area contributed by atoms with Crippen LogP contribution in [0.1, 0.15) is 38.1 Å². The zero-order chi connectivity index (χ0) is 23.9. The molecule has 2 heterocycles. The molecule has 0 bridgehead atoms. The van der Waals surface area contributed by atoms with Crippen molar-refractivity contribution >= 4 is 23.4 Å². The minimum absolute atomic E-state index is 0.106. The molecule has 4 rings (SSSR count). The third-order valence-electron chi connectivity index (χ3n) is 6.01. The number of aromatic nitrogens is 3. The first-order valence-electron chi connectivity index (χ1n) is 11.5. The maximum Gasteiger partial charge on any atom is 0.234 e. The first-order chi connectivity index (χ1) is 16.6. The van der Waals surface area contributed by atoms with Gasteiger partial charge in [-0.2, -0.15) is 0 Å². The normalized spacial score (nSPS) is 15.0. The molecule has 1 N–H and O–H groups in total. The van der Waals surface area contributed by atoms with E-state index in [9.17, 15) is 4.79 Å². The van der Waals surface area contributed by atoms with Crippen molar-refractivity contribution in [3.05, 3.63) is 54.4 Å². The highest BCUT2D eigenvalue weighted by atomic mass is 32.2. The van der Waals surface area contributed by atoms with Crippen LogP contribution >= 0.6 is 11.8 Å². The maximum absolute atomic E-state index is 12.6. The molecule has 9 heteroatoms. The van der Waals surface area contributed by atoms with Crippen molar-refractivity contribution in [3.63, 3.8) is 0 Å². The van der Waals surface area contributed by atoms with Crippen LogP contribution in [0.4, 0.5) is 5.69 Å². The molecule has 1 fully saturated rings. The number of methoxy groups -OCH3 is 2. The Labute approximate surface area is 204 Å². The lowest BCUT2D eigenvalue weighted by Crippen LogP contribution is -2.33. The summed E-state index contributed by atoms with van der Waals surface area (Å²) in [5.41, 5.74) is 1.67. The summed E-state index contributed by atoms with van der Waals surface area (Å²) < 4.78 is 12.6. The van der Waals surface area contributed by atoms with Gasteiger partial charge in [0.05, 0.1) is 26.0 Å². The van der Waals surface area contributed by atoms with Gasteiger partial charge in [-0.15, -0.1) is 10.2 Å². The highest BCUT2D eigenvalue weighted by molar-refractivity contribution is 7.99. The molecule has 0 spiro atoms. The number of anilines is 1. The second-order valence-electron chi connectivity index (χ2n) is 8.21. The van der Waals surface area contributed by atoms with Crippen molar-refractivity contribution in [1.29, 1.82) is 0 Å². The van der Waals surface area contributed by atoms with Gasteiger partial charge in [0.1, 0.15) is 11.5 Å². The van der Waals surface area contributed by atoms with E-state index in [0.717, 1.165) is 41.8 Å². The van der Waals surface area contributed by atoms with Crippen molar-refractivity contribution in [1.82, 2.24) is 19.7 Å². The monoisotopic (exact) mass is 481 g/mol. The van der Waals surface area contributed by atoms with E-state index in [0.29, 0.717) is 5.16 Å². The van der Waals surface area contributed by atoms with Crippen LogP contribution in [-0.4, -0.2) is 58.6 Å². The van der Waals surface area contributed by atoms with Crippen LogP contribution < -0.4 is 14.8 Å². The topological polar surface area (TPSA) is 81.5 Å². The molecule has 0 aliphatic carbocycles. The second kappa shape index (κ2) is 11.4. The quantitative estimate of drug-likeness (QED) is 0.449. The SMILES string of the molecule is COc1ccc(NC(=O)CSc2nnc(C(C)N3CCCCC3)n2-c2ccc(OC)cc2)cc1. The number of likely N-dealkylation sites (tertiary alicyclic amines) is 1. The molecule has 180 valence electrons. The molecule has 2 aromatic carbocycles. The average molecular weight is 482 g/mol. The number of piperidine rings is 1. The molecule has 8 nitrogen and oxygen atoms in total. The number of nitrogens with one attached hydrogen (secondary N) is 1. The molecule has 1 saturated heterocycles. The molecular formula is C25H31N5O3S. The minimum atomic E-state index is -0.106. The summed E-state index contributed by atoms with van der Waals surface area (Å²) in [7, 11) is 3.27. The molecule has 3 aromatic rings. The molecular weight excluding hydrogens is 450 g/mol. The summed E-state index contributed by atoms with van der Waals surface area (Å²) in [6.45, 7) is 4.30. The van der Waals surface area contributed by atoms with E-state index in [2.05, 4.69) is 31.9 Å². The number of thioether (sulfide) groups is 1. The van der Waals surface area contributed by atoms with Gasteiger partial charge in [-0.25, -0.2) is 0 Å². The molecule has 1 aliphatic heterocycles. The van der Waals surface area contributed by atoms with Crippen molar-refractivity contribution in [3.8, 4) is 17.2 Å². The van der Waals surface area contributed by atoms with E-state index in [4.69, 9.17) is 9.47 Å². The molecule has 0 radical (unpaired) electrons. The van der Waals surface area contributed by atoms with Gasteiger partial charge < -0.3 is 14.8 Å². The third kappa shape index (κ3) is 5.71. The fraction of sp³-hybridized carbons (Fsp3) is 0.400. The number of hydrogen-bond acceptors (Lipinski definition) is 7. The number of rotatable bonds is 9. The predicted molar refractivity (Wildman–Crippen MR) is 134 cm³/mol. The standard InChI is InChI=1S/C25H31N5O3S/c1-18(29-15-5-4-6-16-29)24-27-28-25(30(24)20-9-13-22(33-3)14-10-20)34-17-23(31)26-19-7-11-21(32-2)12-8-19/h7-14,18H,4-6,15-17H2,1-3H3,(H,26,31). The van der Waals surface area contributed by atoms with Crippen LogP contribution in [0.5, 0.6) is 11.5 Å². The Morgan fingerprint density at radius 3 is 2.21 bits per heavy atom. The van der Waals surface area contributed by atoms with Gasteiger partial charge >= 0.3 is 0 Å². The lowest BCUT2D eigenvalue weighted by Gasteiger charge is -2.31. The smallest absolute Gasteiger partial charge is 0.234 e. The number of carbonyl (C=O) groups excluding carboxylic acids is 1. The summed E-state index contributed by atoms with van der Waals surface area (Å²) in [5, 5.41) is 12.6. The number of amides is 1. The van der Waals surface area contributed by atoms with E-state index in [-0.39, 0.29) is 17.7 Å². The molecule has 1 aromatic heterocycles. The first-order valence-corrected chi connectivity index (χ1v) is 12.5. The summed E-state index contributed by atoms with van der Waals surface area (Å²) in [6, 6.07) is 15.2. The molecule has 1 atom stereocenters. The van der Waals surface area contributed by atoms with Crippen LogP contribution in [0.3, 0.4) is 0 Å². The maximum atomic E-state index is 12.6. The molecule has 0 saturated carbocycles. The highest BCUT2D eigenvalue weighted by Crippen LogP contribution is 2.30. The van der Waals surface area contributed by atoms with Crippen LogP contribution in [0.2, 0.25) is 0 Å². The van der Waals surface area contributed by atoms with E-state index in [1.54, 1.807) is 14.2 Å². The van der Waals surface area contributed by atoms with Crippen LogP contribution in [-0.2, 0) is 4.79 Å². The summed E-state index contributed by atoms with van der Waals surface area (Å²) in [6.07, 6.45) is 3.68. The summed E-state index contributed by atoms with van der Waals surface area (Å²) >= 11 is 1.37. The Hall–Kier alpha value is -3.04. The highest BCUT2D eigenvalue weighted by Gasteiger charge is 2.26. The first kappa shape index (κ1) is 24.1. The molecule has 1 unspecified atom stereocenters. The number of benzene rings is 2. The van der Waals surface area contributed by atoms with Crippen molar-refractivity contribution in [2.45, 2.75) is 37.4 Å². The third-order valence-corrected chi connectivity index (χ3v) is 6.94. The van der Waals surface area contributed by atoms with Gasteiger partial charge in [-0.1, -0.05) is 18.2 Å². The fourth-order valence-electron chi connectivity index (χ4n) is 4.09. The van der Waals surface area contributed by atoms with E-state index >= 15 is 0 Å².